The standard InChI is InChI=1S/C22H22F3NO2/c1-11-6-15-20(17(27)8-11)19(13-4-3-5-14(10-13)22(23,24)25)21-16(26-15)7-12(2)9-18(21)28/h3-5,10-12,19,26H,6-9H2,1-2H3. The Hall–Kier alpha value is -2.37. The van der Waals surface area contributed by atoms with Crippen LogP contribution in [0, 0.1) is 11.8 Å². The van der Waals surface area contributed by atoms with E-state index in [1.165, 1.54) is 6.07 Å². The van der Waals surface area contributed by atoms with E-state index in [9.17, 15) is 22.8 Å². The van der Waals surface area contributed by atoms with Crippen molar-refractivity contribution in [3.63, 3.8) is 0 Å². The molecule has 0 saturated heterocycles. The second kappa shape index (κ2) is 6.61. The molecule has 4 rings (SSSR count). The molecule has 2 atom stereocenters. The highest BCUT2D eigenvalue weighted by Crippen LogP contribution is 2.47. The number of hydrogen-bond acceptors (Lipinski definition) is 3. The summed E-state index contributed by atoms with van der Waals surface area (Å²) in [5.74, 6) is -0.545. The summed E-state index contributed by atoms with van der Waals surface area (Å²) in [4.78, 5) is 25.8. The van der Waals surface area contributed by atoms with Gasteiger partial charge in [-0.15, -0.1) is 0 Å². The number of dihydropyridines is 1. The Labute approximate surface area is 161 Å². The van der Waals surface area contributed by atoms with Gasteiger partial charge in [-0.1, -0.05) is 32.0 Å². The summed E-state index contributed by atoms with van der Waals surface area (Å²) in [5, 5.41) is 3.32. The highest BCUT2D eigenvalue weighted by Gasteiger charge is 2.43. The molecule has 1 N–H and O–H groups in total. The Morgan fingerprint density at radius 2 is 1.43 bits per heavy atom. The molecule has 3 aliphatic rings. The molecule has 148 valence electrons. The average molecular weight is 389 g/mol. The first-order valence-corrected chi connectivity index (χ1v) is 9.61. The Bertz CT molecular complexity index is 880. The first-order chi connectivity index (χ1) is 13.1. The molecule has 0 saturated carbocycles. The van der Waals surface area contributed by atoms with E-state index in [1.54, 1.807) is 6.07 Å². The zero-order valence-corrected chi connectivity index (χ0v) is 15.8. The van der Waals surface area contributed by atoms with Gasteiger partial charge in [-0.3, -0.25) is 9.59 Å². The fourth-order valence-electron chi connectivity index (χ4n) is 4.71. The number of rotatable bonds is 1. The van der Waals surface area contributed by atoms with Gasteiger partial charge in [-0.25, -0.2) is 0 Å². The average Bonchev–Trinajstić information content (AvgIpc) is 2.58. The molecule has 0 aromatic heterocycles. The summed E-state index contributed by atoms with van der Waals surface area (Å²) in [6.45, 7) is 3.97. The van der Waals surface area contributed by atoms with Crippen molar-refractivity contribution in [1.82, 2.24) is 5.32 Å². The van der Waals surface area contributed by atoms with Crippen LogP contribution in [0.1, 0.15) is 56.6 Å². The summed E-state index contributed by atoms with van der Waals surface area (Å²) in [6.07, 6.45) is -2.45. The molecule has 1 heterocycles. The van der Waals surface area contributed by atoms with Gasteiger partial charge in [0.05, 0.1) is 5.56 Å². The number of ketones is 2. The quantitative estimate of drug-likeness (QED) is 0.743. The Morgan fingerprint density at radius 3 is 1.93 bits per heavy atom. The number of nitrogens with one attached hydrogen (secondary N) is 1. The van der Waals surface area contributed by atoms with Gasteiger partial charge in [0.2, 0.25) is 0 Å². The largest absolute Gasteiger partial charge is 0.416 e. The third kappa shape index (κ3) is 3.19. The molecule has 0 fully saturated rings. The van der Waals surface area contributed by atoms with E-state index in [0.717, 1.165) is 23.5 Å². The molecule has 1 aromatic rings. The normalized spacial score (nSPS) is 28.1. The van der Waals surface area contributed by atoms with Crippen LogP contribution in [0.25, 0.3) is 0 Å². The Morgan fingerprint density at radius 1 is 0.893 bits per heavy atom. The van der Waals surface area contributed by atoms with Gasteiger partial charge in [0.25, 0.3) is 0 Å². The number of Topliss-reactive ketones (excluding diaryl/α,β-unsaturated/α-hetero) is 2. The van der Waals surface area contributed by atoms with Crippen LogP contribution < -0.4 is 5.32 Å². The first kappa shape index (κ1) is 19.0. The molecule has 0 spiro atoms. The topological polar surface area (TPSA) is 46.2 Å². The first-order valence-electron chi connectivity index (χ1n) is 9.61. The minimum Gasteiger partial charge on any atom is -0.362 e. The summed E-state index contributed by atoms with van der Waals surface area (Å²) in [7, 11) is 0. The van der Waals surface area contributed by atoms with Gasteiger partial charge in [0.15, 0.2) is 11.6 Å². The lowest BCUT2D eigenvalue weighted by atomic mass is 9.69. The monoisotopic (exact) mass is 389 g/mol. The molecular weight excluding hydrogens is 367 g/mol. The molecular formula is C22H22F3NO2. The molecule has 1 aliphatic heterocycles. The second-order valence-corrected chi connectivity index (χ2v) is 8.34. The van der Waals surface area contributed by atoms with Crippen LogP contribution in [0.15, 0.2) is 46.8 Å². The van der Waals surface area contributed by atoms with Crippen molar-refractivity contribution >= 4 is 11.6 Å². The van der Waals surface area contributed by atoms with Crippen molar-refractivity contribution in [2.24, 2.45) is 11.8 Å². The van der Waals surface area contributed by atoms with Crippen LogP contribution in [0.3, 0.4) is 0 Å². The maximum absolute atomic E-state index is 13.3. The van der Waals surface area contributed by atoms with Gasteiger partial charge < -0.3 is 5.32 Å². The van der Waals surface area contributed by atoms with Crippen LogP contribution in [0.5, 0.6) is 0 Å². The minimum absolute atomic E-state index is 0.0818. The number of allylic oxidation sites excluding steroid dienone is 4. The summed E-state index contributed by atoms with van der Waals surface area (Å²) >= 11 is 0. The van der Waals surface area contributed by atoms with Crippen molar-refractivity contribution in [1.29, 1.82) is 0 Å². The summed E-state index contributed by atoms with van der Waals surface area (Å²) < 4.78 is 39.9. The lowest BCUT2D eigenvalue weighted by Crippen LogP contribution is -2.39. The number of hydrogen-bond donors (Lipinski definition) is 1. The van der Waals surface area contributed by atoms with Crippen LogP contribution in [-0.4, -0.2) is 11.6 Å². The number of carbonyl (C=O) groups excluding carboxylic acids is 2. The lowest BCUT2D eigenvalue weighted by Gasteiger charge is -2.39. The van der Waals surface area contributed by atoms with E-state index in [4.69, 9.17) is 0 Å². The molecule has 0 amide bonds. The van der Waals surface area contributed by atoms with Crippen LogP contribution in [-0.2, 0) is 15.8 Å². The van der Waals surface area contributed by atoms with Gasteiger partial charge in [0.1, 0.15) is 0 Å². The molecule has 2 unspecified atom stereocenters. The molecule has 2 aliphatic carbocycles. The number of benzene rings is 1. The fraction of sp³-hybridized carbons (Fsp3) is 0.455. The maximum atomic E-state index is 13.3. The molecule has 6 heteroatoms. The number of halogens is 3. The van der Waals surface area contributed by atoms with Crippen molar-refractivity contribution in [2.45, 2.75) is 51.6 Å². The summed E-state index contributed by atoms with van der Waals surface area (Å²) in [6, 6.07) is 5.05. The van der Waals surface area contributed by atoms with E-state index in [-0.39, 0.29) is 23.4 Å². The molecule has 3 nitrogen and oxygen atoms in total. The molecule has 0 radical (unpaired) electrons. The predicted octanol–water partition coefficient (Wildman–Crippen LogP) is 4.90. The van der Waals surface area contributed by atoms with Crippen molar-refractivity contribution in [2.75, 3.05) is 0 Å². The number of carbonyl (C=O) groups is 2. The van der Waals surface area contributed by atoms with E-state index in [1.807, 2.05) is 13.8 Å². The molecule has 28 heavy (non-hydrogen) atoms. The van der Waals surface area contributed by atoms with Gasteiger partial charge in [-0.2, -0.15) is 13.2 Å². The van der Waals surface area contributed by atoms with E-state index >= 15 is 0 Å². The van der Waals surface area contributed by atoms with Crippen LogP contribution >= 0.6 is 0 Å². The van der Waals surface area contributed by atoms with E-state index in [0.29, 0.717) is 42.4 Å². The van der Waals surface area contributed by atoms with Gasteiger partial charge in [-0.05, 0) is 36.3 Å². The zero-order valence-electron chi connectivity index (χ0n) is 15.8. The van der Waals surface area contributed by atoms with Crippen LogP contribution in [0.2, 0.25) is 0 Å². The Balaban J connectivity index is 1.90. The van der Waals surface area contributed by atoms with Crippen molar-refractivity contribution in [3.05, 3.63) is 57.9 Å². The SMILES string of the molecule is CC1CC(=O)C2=C(C1)NC1=C(C(=O)CC(C)C1)C2c1cccc(C(F)(F)F)c1. The van der Waals surface area contributed by atoms with Gasteiger partial charge >= 0.3 is 6.18 Å². The molecule has 1 aromatic carbocycles. The minimum atomic E-state index is -4.48. The van der Waals surface area contributed by atoms with Crippen LogP contribution in [0.4, 0.5) is 13.2 Å². The highest BCUT2D eigenvalue weighted by molar-refractivity contribution is 6.06. The molecule has 0 bridgehead atoms. The third-order valence-electron chi connectivity index (χ3n) is 5.85. The third-order valence-corrected chi connectivity index (χ3v) is 5.85. The van der Waals surface area contributed by atoms with Crippen molar-refractivity contribution < 1.29 is 22.8 Å². The second-order valence-electron chi connectivity index (χ2n) is 8.34. The fourth-order valence-corrected chi connectivity index (χ4v) is 4.71. The zero-order chi connectivity index (χ0) is 20.2. The maximum Gasteiger partial charge on any atom is 0.416 e. The Kier molecular flexibility index (Phi) is 4.47. The van der Waals surface area contributed by atoms with Crippen molar-refractivity contribution in [3.8, 4) is 0 Å². The van der Waals surface area contributed by atoms with Gasteiger partial charge in [0, 0.05) is 41.3 Å². The van der Waals surface area contributed by atoms with E-state index < -0.39 is 17.7 Å². The lowest BCUT2D eigenvalue weighted by molar-refractivity contribution is -0.137. The van der Waals surface area contributed by atoms with E-state index in [2.05, 4.69) is 5.32 Å². The summed E-state index contributed by atoms with van der Waals surface area (Å²) in [5.41, 5.74) is 2.08. The number of alkyl halides is 3. The smallest absolute Gasteiger partial charge is 0.362 e. The highest BCUT2D eigenvalue weighted by atomic mass is 19.4. The predicted molar refractivity (Wildman–Crippen MR) is 98.2 cm³/mol.